The van der Waals surface area contributed by atoms with Gasteiger partial charge in [0, 0.05) is 19.3 Å². The number of hydrogen-bond acceptors (Lipinski definition) is 5. The zero-order chi connectivity index (χ0) is 18.9. The van der Waals surface area contributed by atoms with E-state index < -0.39 is 10.0 Å². The molecule has 0 bridgehead atoms. The summed E-state index contributed by atoms with van der Waals surface area (Å²) in [6.45, 7) is 1.80. The van der Waals surface area contributed by atoms with Crippen LogP contribution in [0.1, 0.15) is 5.56 Å². The molecule has 4 rings (SSSR count). The minimum absolute atomic E-state index is 0.0848. The molecule has 0 unspecified atom stereocenters. The summed E-state index contributed by atoms with van der Waals surface area (Å²) in [6.07, 6.45) is 2.03. The average Bonchev–Trinajstić information content (AvgIpc) is 3.03. The summed E-state index contributed by atoms with van der Waals surface area (Å²) in [5.41, 5.74) is 1.19. The third-order valence-electron chi connectivity index (χ3n) is 4.61. The Bertz CT molecular complexity index is 1100. The first-order valence-corrected chi connectivity index (χ1v) is 10.2. The normalized spacial score (nSPS) is 16.0. The molecule has 0 N–H and O–H groups in total. The maximum atomic E-state index is 12.8. The Morgan fingerprint density at radius 2 is 1.78 bits per heavy atom. The molecular weight excluding hydrogens is 368 g/mol. The second-order valence-corrected chi connectivity index (χ2v) is 8.29. The molecule has 1 saturated heterocycles. The molecule has 1 fully saturated rings. The Labute approximate surface area is 156 Å². The van der Waals surface area contributed by atoms with Crippen molar-refractivity contribution in [3.05, 3.63) is 64.7 Å². The number of rotatable bonds is 5. The Hall–Kier alpha value is -2.49. The highest BCUT2D eigenvalue weighted by Crippen LogP contribution is 2.17. The van der Waals surface area contributed by atoms with Crippen LogP contribution in [-0.4, -0.2) is 53.2 Å². The van der Waals surface area contributed by atoms with Gasteiger partial charge in [-0.05, 0) is 24.1 Å². The summed E-state index contributed by atoms with van der Waals surface area (Å²) in [6, 6.07) is 12.9. The van der Waals surface area contributed by atoms with Gasteiger partial charge in [0.15, 0.2) is 5.65 Å². The van der Waals surface area contributed by atoms with Crippen LogP contribution in [0.15, 0.2) is 58.4 Å². The Balaban J connectivity index is 1.63. The van der Waals surface area contributed by atoms with Crippen LogP contribution in [-0.2, 0) is 27.7 Å². The molecule has 0 amide bonds. The van der Waals surface area contributed by atoms with Crippen LogP contribution in [0.25, 0.3) is 5.65 Å². The molecule has 0 aliphatic carbocycles. The third-order valence-corrected chi connectivity index (χ3v) is 6.50. The zero-order valence-corrected chi connectivity index (χ0v) is 15.5. The lowest BCUT2D eigenvalue weighted by Crippen LogP contribution is -2.40. The number of fused-ring (bicyclic) bond motifs is 1. The highest BCUT2D eigenvalue weighted by molar-refractivity contribution is 7.89. The van der Waals surface area contributed by atoms with Crippen molar-refractivity contribution >= 4 is 15.7 Å². The number of pyridine rings is 1. The SMILES string of the molecule is O=c1n(CCc2ccccc2)nc2ccc(S(=O)(=O)N3CCOCC3)cn12. The van der Waals surface area contributed by atoms with E-state index >= 15 is 0 Å². The molecule has 0 atom stereocenters. The fourth-order valence-electron chi connectivity index (χ4n) is 3.11. The van der Waals surface area contributed by atoms with Crippen LogP contribution in [0.3, 0.4) is 0 Å². The van der Waals surface area contributed by atoms with E-state index in [9.17, 15) is 13.2 Å². The van der Waals surface area contributed by atoms with E-state index in [1.54, 1.807) is 6.07 Å². The lowest BCUT2D eigenvalue weighted by Gasteiger charge is -2.25. The number of aryl methyl sites for hydroxylation is 2. The van der Waals surface area contributed by atoms with Crippen molar-refractivity contribution in [2.45, 2.75) is 17.9 Å². The highest BCUT2D eigenvalue weighted by Gasteiger charge is 2.27. The highest BCUT2D eigenvalue weighted by atomic mass is 32.2. The van der Waals surface area contributed by atoms with Gasteiger partial charge in [0.1, 0.15) is 0 Å². The molecule has 0 spiro atoms. The summed E-state index contributed by atoms with van der Waals surface area (Å²) in [7, 11) is -3.66. The maximum absolute atomic E-state index is 12.8. The van der Waals surface area contributed by atoms with Gasteiger partial charge < -0.3 is 4.74 Å². The van der Waals surface area contributed by atoms with Gasteiger partial charge in [0.25, 0.3) is 0 Å². The van der Waals surface area contributed by atoms with E-state index in [0.29, 0.717) is 44.9 Å². The molecule has 0 saturated carbocycles. The minimum atomic E-state index is -3.66. The maximum Gasteiger partial charge on any atom is 0.350 e. The van der Waals surface area contributed by atoms with Gasteiger partial charge in [0.05, 0.1) is 24.7 Å². The van der Waals surface area contributed by atoms with Crippen LogP contribution in [0, 0.1) is 0 Å². The van der Waals surface area contributed by atoms with Crippen LogP contribution in [0.4, 0.5) is 0 Å². The van der Waals surface area contributed by atoms with Gasteiger partial charge in [-0.2, -0.15) is 4.31 Å². The van der Waals surface area contributed by atoms with Gasteiger partial charge >= 0.3 is 5.69 Å². The van der Waals surface area contributed by atoms with Crippen molar-refractivity contribution in [1.82, 2.24) is 18.5 Å². The van der Waals surface area contributed by atoms with Crippen molar-refractivity contribution in [3.63, 3.8) is 0 Å². The third kappa shape index (κ3) is 3.53. The van der Waals surface area contributed by atoms with Gasteiger partial charge in [0.2, 0.25) is 10.0 Å². The smallest absolute Gasteiger partial charge is 0.350 e. The first-order chi connectivity index (χ1) is 13.1. The summed E-state index contributed by atoms with van der Waals surface area (Å²) in [5, 5.41) is 4.30. The lowest BCUT2D eigenvalue weighted by atomic mass is 10.2. The van der Waals surface area contributed by atoms with Gasteiger partial charge in [-0.1, -0.05) is 30.3 Å². The standard InChI is InChI=1S/C18H20N4O4S/c23-18-21-14-16(27(24,25)20-10-12-26-13-11-20)6-7-17(21)19-22(18)9-8-15-4-2-1-3-5-15/h1-7,14H,8-13H2. The van der Waals surface area contributed by atoms with Crippen LogP contribution < -0.4 is 5.69 Å². The van der Waals surface area contributed by atoms with E-state index in [2.05, 4.69) is 5.10 Å². The molecule has 27 heavy (non-hydrogen) atoms. The van der Waals surface area contributed by atoms with E-state index in [0.717, 1.165) is 5.56 Å². The Morgan fingerprint density at radius 3 is 2.52 bits per heavy atom. The molecule has 1 aliphatic heterocycles. The molecule has 3 heterocycles. The van der Waals surface area contributed by atoms with E-state index in [-0.39, 0.29) is 10.6 Å². The summed E-state index contributed by atoms with van der Waals surface area (Å²) in [5.74, 6) is 0. The van der Waals surface area contributed by atoms with Gasteiger partial charge in [-0.25, -0.2) is 22.3 Å². The summed E-state index contributed by atoms with van der Waals surface area (Å²) in [4.78, 5) is 12.7. The molecule has 1 aliphatic rings. The molecule has 1 aromatic carbocycles. The topological polar surface area (TPSA) is 85.9 Å². The molecule has 3 aromatic rings. The molecule has 142 valence electrons. The first kappa shape index (κ1) is 17.9. The van der Waals surface area contributed by atoms with E-state index in [1.165, 1.54) is 25.7 Å². The van der Waals surface area contributed by atoms with Crippen molar-refractivity contribution in [1.29, 1.82) is 0 Å². The number of morpholine rings is 1. The van der Waals surface area contributed by atoms with Crippen LogP contribution >= 0.6 is 0 Å². The van der Waals surface area contributed by atoms with Crippen molar-refractivity contribution < 1.29 is 13.2 Å². The molecule has 0 radical (unpaired) electrons. The van der Waals surface area contributed by atoms with Crippen molar-refractivity contribution in [2.75, 3.05) is 26.3 Å². The first-order valence-electron chi connectivity index (χ1n) is 8.77. The molecule has 8 nitrogen and oxygen atoms in total. The number of sulfonamides is 1. The lowest BCUT2D eigenvalue weighted by molar-refractivity contribution is 0.0730. The number of benzene rings is 1. The molecule has 2 aromatic heterocycles. The predicted octanol–water partition coefficient (Wildman–Crippen LogP) is 0.760. The van der Waals surface area contributed by atoms with Crippen molar-refractivity contribution in [3.8, 4) is 0 Å². The second-order valence-electron chi connectivity index (χ2n) is 6.35. The quantitative estimate of drug-likeness (QED) is 0.644. The zero-order valence-electron chi connectivity index (χ0n) is 14.7. The van der Waals surface area contributed by atoms with Crippen LogP contribution in [0.2, 0.25) is 0 Å². The van der Waals surface area contributed by atoms with Crippen molar-refractivity contribution in [2.24, 2.45) is 0 Å². The minimum Gasteiger partial charge on any atom is -0.379 e. The Morgan fingerprint density at radius 1 is 1.04 bits per heavy atom. The number of aromatic nitrogens is 3. The number of hydrogen-bond donors (Lipinski definition) is 0. The van der Waals surface area contributed by atoms with Gasteiger partial charge in [-0.3, -0.25) is 0 Å². The summed E-state index contributed by atoms with van der Waals surface area (Å²) >= 11 is 0. The molecule has 9 heteroatoms. The van der Waals surface area contributed by atoms with Crippen LogP contribution in [0.5, 0.6) is 0 Å². The Kier molecular flexibility index (Phi) is 4.81. The number of nitrogens with zero attached hydrogens (tertiary/aromatic N) is 4. The largest absolute Gasteiger partial charge is 0.379 e. The summed E-state index contributed by atoms with van der Waals surface area (Å²) < 4.78 is 34.8. The average molecular weight is 388 g/mol. The second kappa shape index (κ2) is 7.26. The fraction of sp³-hybridized carbons (Fsp3) is 0.333. The number of ether oxygens (including phenoxy) is 1. The van der Waals surface area contributed by atoms with E-state index in [4.69, 9.17) is 4.74 Å². The molecular formula is C18H20N4O4S. The predicted molar refractivity (Wildman–Crippen MR) is 99.2 cm³/mol. The fourth-order valence-corrected chi connectivity index (χ4v) is 4.52. The monoisotopic (exact) mass is 388 g/mol. The van der Waals surface area contributed by atoms with E-state index in [1.807, 2.05) is 30.3 Å². The van der Waals surface area contributed by atoms with Gasteiger partial charge in [-0.15, -0.1) is 5.10 Å².